The molecule has 0 atom stereocenters. The number of nitrogens with one attached hydrogen (secondary N) is 2. The summed E-state index contributed by atoms with van der Waals surface area (Å²) < 4.78 is 12.8. The molecule has 0 unspecified atom stereocenters. The Labute approximate surface area is 103 Å². The molecule has 18 heavy (non-hydrogen) atoms. The van der Waals surface area contributed by atoms with E-state index in [0.717, 1.165) is 29.8 Å². The van der Waals surface area contributed by atoms with Crippen LogP contribution >= 0.6 is 0 Å². The van der Waals surface area contributed by atoms with Gasteiger partial charge in [-0.1, -0.05) is 12.1 Å². The highest BCUT2D eigenvalue weighted by Gasteiger charge is 2.17. The monoisotopic (exact) mass is 245 g/mol. The minimum atomic E-state index is -0.347. The molecule has 0 amide bonds. The lowest BCUT2D eigenvalue weighted by atomic mass is 10.1. The second-order valence-corrected chi connectivity index (χ2v) is 4.33. The van der Waals surface area contributed by atoms with Crippen LogP contribution in [0.4, 0.5) is 10.2 Å². The van der Waals surface area contributed by atoms with Crippen LogP contribution in [0.25, 0.3) is 0 Å². The summed E-state index contributed by atoms with van der Waals surface area (Å²) in [4.78, 5) is 18.1. The summed E-state index contributed by atoms with van der Waals surface area (Å²) in [6.45, 7) is 0.802. The minimum absolute atomic E-state index is 0.256. The Bertz CT molecular complexity index is 634. The lowest BCUT2D eigenvalue weighted by Gasteiger charge is -2.06. The zero-order valence-electron chi connectivity index (χ0n) is 9.66. The van der Waals surface area contributed by atoms with Gasteiger partial charge < -0.3 is 10.3 Å². The number of hydrogen-bond acceptors (Lipinski definition) is 3. The van der Waals surface area contributed by atoms with Gasteiger partial charge in [0.05, 0.1) is 0 Å². The number of anilines is 1. The van der Waals surface area contributed by atoms with Crippen LogP contribution in [0, 0.1) is 5.82 Å². The summed E-state index contributed by atoms with van der Waals surface area (Å²) in [6.07, 6.45) is 1.44. The maximum atomic E-state index is 12.8. The second-order valence-electron chi connectivity index (χ2n) is 4.33. The van der Waals surface area contributed by atoms with Gasteiger partial charge in [0.25, 0.3) is 0 Å². The van der Waals surface area contributed by atoms with E-state index in [9.17, 15) is 9.18 Å². The van der Waals surface area contributed by atoms with Gasteiger partial charge >= 0.3 is 5.69 Å². The molecule has 0 radical (unpaired) electrons. The predicted molar refractivity (Wildman–Crippen MR) is 66.3 cm³/mol. The summed E-state index contributed by atoms with van der Waals surface area (Å²) in [5, 5.41) is 3.09. The van der Waals surface area contributed by atoms with Crippen molar-refractivity contribution in [2.75, 3.05) is 11.9 Å². The minimum Gasteiger partial charge on any atom is -0.369 e. The van der Waals surface area contributed by atoms with Crippen LogP contribution in [0.1, 0.15) is 16.8 Å². The summed E-state index contributed by atoms with van der Waals surface area (Å²) in [6, 6.07) is 6.30. The molecule has 3 rings (SSSR count). The molecule has 2 heterocycles. The summed E-state index contributed by atoms with van der Waals surface area (Å²) in [7, 11) is 0. The number of H-pyrrole nitrogens is 1. The van der Waals surface area contributed by atoms with E-state index in [4.69, 9.17) is 0 Å². The molecular weight excluding hydrogens is 233 g/mol. The molecule has 0 bridgehead atoms. The first-order valence-electron chi connectivity index (χ1n) is 5.83. The van der Waals surface area contributed by atoms with E-state index < -0.39 is 0 Å². The fourth-order valence-corrected chi connectivity index (χ4v) is 2.22. The van der Waals surface area contributed by atoms with Crippen LogP contribution in [-0.2, 0) is 12.8 Å². The molecule has 4 nitrogen and oxygen atoms in total. The first-order chi connectivity index (χ1) is 8.72. The molecule has 0 spiro atoms. The van der Waals surface area contributed by atoms with Gasteiger partial charge in [-0.3, -0.25) is 0 Å². The molecule has 0 saturated heterocycles. The highest BCUT2D eigenvalue weighted by molar-refractivity contribution is 5.51. The average molecular weight is 245 g/mol. The predicted octanol–water partition coefficient (Wildman–Crippen LogP) is 1.47. The second kappa shape index (κ2) is 4.25. The fourth-order valence-electron chi connectivity index (χ4n) is 2.22. The van der Waals surface area contributed by atoms with E-state index in [0.29, 0.717) is 12.2 Å². The summed E-state index contributed by atoms with van der Waals surface area (Å²) >= 11 is 0. The Kier molecular flexibility index (Phi) is 2.59. The van der Waals surface area contributed by atoms with Crippen LogP contribution in [0.15, 0.2) is 29.1 Å². The third kappa shape index (κ3) is 1.99. The molecule has 0 saturated carbocycles. The SMILES string of the molecule is O=c1nc2c(c(Cc3ccc(F)cc3)[nH]1)CCN2. The third-order valence-electron chi connectivity index (χ3n) is 3.08. The molecule has 92 valence electrons. The van der Waals surface area contributed by atoms with E-state index in [-0.39, 0.29) is 11.5 Å². The van der Waals surface area contributed by atoms with Crippen molar-refractivity contribution in [3.05, 3.63) is 57.4 Å². The lowest BCUT2D eigenvalue weighted by Crippen LogP contribution is -2.15. The van der Waals surface area contributed by atoms with Crippen molar-refractivity contribution in [1.82, 2.24) is 9.97 Å². The molecule has 2 aromatic rings. The molecule has 1 aliphatic rings. The number of rotatable bonds is 2. The Morgan fingerprint density at radius 1 is 1.28 bits per heavy atom. The summed E-state index contributed by atoms with van der Waals surface area (Å²) in [5.41, 5.74) is 2.54. The average Bonchev–Trinajstić information content (AvgIpc) is 2.80. The normalized spacial score (nSPS) is 13.2. The van der Waals surface area contributed by atoms with Gasteiger partial charge in [-0.25, -0.2) is 9.18 Å². The number of halogens is 1. The maximum absolute atomic E-state index is 12.8. The van der Waals surface area contributed by atoms with Crippen LogP contribution in [0.3, 0.4) is 0 Å². The first-order valence-corrected chi connectivity index (χ1v) is 5.83. The van der Waals surface area contributed by atoms with E-state index in [1.807, 2.05) is 0 Å². The van der Waals surface area contributed by atoms with Gasteiger partial charge in [0, 0.05) is 24.2 Å². The lowest BCUT2D eigenvalue weighted by molar-refractivity contribution is 0.627. The van der Waals surface area contributed by atoms with Gasteiger partial charge in [0.1, 0.15) is 11.6 Å². The quantitative estimate of drug-likeness (QED) is 0.842. The standard InChI is InChI=1S/C13H12FN3O/c14-9-3-1-8(2-4-9)7-11-10-5-6-15-12(10)17-13(18)16-11/h1-4H,5-7H2,(H2,15,16,17,18). The van der Waals surface area contributed by atoms with E-state index in [1.165, 1.54) is 12.1 Å². The zero-order valence-corrected chi connectivity index (χ0v) is 9.66. The van der Waals surface area contributed by atoms with Crippen molar-refractivity contribution >= 4 is 5.82 Å². The van der Waals surface area contributed by atoms with E-state index in [2.05, 4.69) is 15.3 Å². The Hall–Kier alpha value is -2.17. The number of benzene rings is 1. The Morgan fingerprint density at radius 3 is 2.83 bits per heavy atom. The Balaban J connectivity index is 1.98. The van der Waals surface area contributed by atoms with Crippen molar-refractivity contribution in [3.63, 3.8) is 0 Å². The molecule has 5 heteroatoms. The van der Waals surface area contributed by atoms with Crippen molar-refractivity contribution in [1.29, 1.82) is 0 Å². The van der Waals surface area contributed by atoms with E-state index in [1.54, 1.807) is 12.1 Å². The summed E-state index contributed by atoms with van der Waals surface area (Å²) in [5.74, 6) is 0.421. The fraction of sp³-hybridized carbons (Fsp3) is 0.231. The van der Waals surface area contributed by atoms with Gasteiger partial charge in [0.2, 0.25) is 0 Å². The molecule has 1 aromatic heterocycles. The smallest absolute Gasteiger partial charge is 0.347 e. The van der Waals surface area contributed by atoms with Gasteiger partial charge in [-0.15, -0.1) is 0 Å². The van der Waals surface area contributed by atoms with Crippen LogP contribution in [-0.4, -0.2) is 16.5 Å². The molecule has 1 aromatic carbocycles. The van der Waals surface area contributed by atoms with Crippen molar-refractivity contribution in [2.24, 2.45) is 0 Å². The molecule has 1 aliphatic heterocycles. The number of aromatic nitrogens is 2. The highest BCUT2D eigenvalue weighted by atomic mass is 19.1. The number of aromatic amines is 1. The largest absolute Gasteiger partial charge is 0.369 e. The van der Waals surface area contributed by atoms with Crippen molar-refractivity contribution in [3.8, 4) is 0 Å². The van der Waals surface area contributed by atoms with Crippen LogP contribution in [0.2, 0.25) is 0 Å². The zero-order chi connectivity index (χ0) is 12.5. The third-order valence-corrected chi connectivity index (χ3v) is 3.08. The topological polar surface area (TPSA) is 57.8 Å². The highest BCUT2D eigenvalue weighted by Crippen LogP contribution is 2.22. The van der Waals surface area contributed by atoms with Crippen LogP contribution < -0.4 is 11.0 Å². The Morgan fingerprint density at radius 2 is 2.06 bits per heavy atom. The maximum Gasteiger partial charge on any atom is 0.347 e. The first kappa shape index (κ1) is 11.0. The van der Waals surface area contributed by atoms with Gasteiger partial charge in [-0.05, 0) is 24.1 Å². The molecular formula is C13H12FN3O. The number of nitrogens with zero attached hydrogens (tertiary/aromatic N) is 1. The van der Waals surface area contributed by atoms with E-state index >= 15 is 0 Å². The number of fused-ring (bicyclic) bond motifs is 1. The number of hydrogen-bond donors (Lipinski definition) is 2. The van der Waals surface area contributed by atoms with Crippen molar-refractivity contribution in [2.45, 2.75) is 12.8 Å². The molecule has 0 fully saturated rings. The van der Waals surface area contributed by atoms with Gasteiger partial charge in [0.15, 0.2) is 0 Å². The molecule has 0 aliphatic carbocycles. The molecule has 2 N–H and O–H groups in total. The van der Waals surface area contributed by atoms with Gasteiger partial charge in [-0.2, -0.15) is 4.98 Å². The van der Waals surface area contributed by atoms with Crippen LogP contribution in [0.5, 0.6) is 0 Å². The van der Waals surface area contributed by atoms with Crippen molar-refractivity contribution < 1.29 is 4.39 Å².